The van der Waals surface area contributed by atoms with Crippen LogP contribution in [0.3, 0.4) is 0 Å². The second kappa shape index (κ2) is 5.81. The highest BCUT2D eigenvalue weighted by molar-refractivity contribution is 5.47. The topological polar surface area (TPSA) is 52.5 Å². The molecule has 0 aliphatic carbocycles. The Bertz CT molecular complexity index is 805. The highest BCUT2D eigenvalue weighted by Crippen LogP contribution is 2.23. The fourth-order valence-corrected chi connectivity index (χ4v) is 2.80. The minimum atomic E-state index is -0.0710. The van der Waals surface area contributed by atoms with Crippen molar-refractivity contribution in [1.29, 1.82) is 0 Å². The van der Waals surface area contributed by atoms with E-state index in [-0.39, 0.29) is 6.04 Å². The SMILES string of the molecule is COc1cccc(Cc2nc3cc(C)ccn3c2C(C)N)c1. The van der Waals surface area contributed by atoms with Gasteiger partial charge in [0.15, 0.2) is 0 Å². The number of hydrogen-bond acceptors (Lipinski definition) is 3. The van der Waals surface area contributed by atoms with Gasteiger partial charge in [-0.15, -0.1) is 0 Å². The molecule has 2 N–H and O–H groups in total. The highest BCUT2D eigenvalue weighted by Gasteiger charge is 2.16. The molecule has 0 radical (unpaired) electrons. The maximum atomic E-state index is 6.19. The van der Waals surface area contributed by atoms with Crippen molar-refractivity contribution in [2.45, 2.75) is 26.3 Å². The summed E-state index contributed by atoms with van der Waals surface area (Å²) in [6.45, 7) is 4.07. The number of imidazole rings is 1. The number of hydrogen-bond donors (Lipinski definition) is 1. The molecule has 0 fully saturated rings. The molecule has 2 heterocycles. The van der Waals surface area contributed by atoms with Gasteiger partial charge in [0.1, 0.15) is 11.4 Å². The zero-order chi connectivity index (χ0) is 15.7. The van der Waals surface area contributed by atoms with Gasteiger partial charge in [0, 0.05) is 18.7 Å². The smallest absolute Gasteiger partial charge is 0.137 e. The Balaban J connectivity index is 2.07. The standard InChI is InChI=1S/C18H21N3O/c1-12-7-8-21-17(9-12)20-16(18(21)13(2)19)11-14-5-4-6-15(10-14)22-3/h4-10,13H,11,19H2,1-3H3. The third-order valence-electron chi connectivity index (χ3n) is 3.83. The third-order valence-corrected chi connectivity index (χ3v) is 3.83. The van der Waals surface area contributed by atoms with Crippen LogP contribution in [-0.2, 0) is 6.42 Å². The van der Waals surface area contributed by atoms with Crippen molar-refractivity contribution in [2.24, 2.45) is 5.73 Å². The van der Waals surface area contributed by atoms with Crippen LogP contribution in [-0.4, -0.2) is 16.5 Å². The monoisotopic (exact) mass is 295 g/mol. The van der Waals surface area contributed by atoms with Crippen LogP contribution in [0.15, 0.2) is 42.6 Å². The molecule has 22 heavy (non-hydrogen) atoms. The first-order valence-electron chi connectivity index (χ1n) is 7.44. The summed E-state index contributed by atoms with van der Waals surface area (Å²) in [5, 5.41) is 0. The van der Waals surface area contributed by atoms with E-state index >= 15 is 0 Å². The molecule has 4 nitrogen and oxygen atoms in total. The van der Waals surface area contributed by atoms with E-state index < -0.39 is 0 Å². The Morgan fingerprint density at radius 3 is 2.82 bits per heavy atom. The fourth-order valence-electron chi connectivity index (χ4n) is 2.80. The second-order valence-electron chi connectivity index (χ2n) is 5.69. The Morgan fingerprint density at radius 1 is 1.27 bits per heavy atom. The van der Waals surface area contributed by atoms with Gasteiger partial charge in [0.25, 0.3) is 0 Å². The number of benzene rings is 1. The molecule has 2 aromatic heterocycles. The lowest BCUT2D eigenvalue weighted by molar-refractivity contribution is 0.414. The summed E-state index contributed by atoms with van der Waals surface area (Å²) in [4.78, 5) is 4.79. The van der Waals surface area contributed by atoms with Crippen molar-refractivity contribution in [1.82, 2.24) is 9.38 Å². The van der Waals surface area contributed by atoms with Crippen molar-refractivity contribution in [3.8, 4) is 5.75 Å². The number of ether oxygens (including phenoxy) is 1. The molecular weight excluding hydrogens is 274 g/mol. The van der Waals surface area contributed by atoms with Gasteiger partial charge < -0.3 is 14.9 Å². The first-order valence-corrected chi connectivity index (χ1v) is 7.44. The summed E-state index contributed by atoms with van der Waals surface area (Å²) in [6, 6.07) is 12.2. The molecule has 0 saturated heterocycles. The molecule has 0 aliphatic rings. The quantitative estimate of drug-likeness (QED) is 0.803. The van der Waals surface area contributed by atoms with Gasteiger partial charge >= 0.3 is 0 Å². The molecule has 1 unspecified atom stereocenters. The summed E-state index contributed by atoms with van der Waals surface area (Å²) in [5.74, 6) is 0.861. The van der Waals surface area contributed by atoms with Crippen LogP contribution >= 0.6 is 0 Å². The summed E-state index contributed by atoms with van der Waals surface area (Å²) >= 11 is 0. The summed E-state index contributed by atoms with van der Waals surface area (Å²) < 4.78 is 7.39. The lowest BCUT2D eigenvalue weighted by atomic mass is 10.1. The number of fused-ring (bicyclic) bond motifs is 1. The molecule has 3 rings (SSSR count). The van der Waals surface area contributed by atoms with E-state index in [1.54, 1.807) is 7.11 Å². The predicted molar refractivity (Wildman–Crippen MR) is 88.3 cm³/mol. The van der Waals surface area contributed by atoms with Crippen molar-refractivity contribution >= 4 is 5.65 Å². The molecule has 0 amide bonds. The third kappa shape index (κ3) is 2.70. The first kappa shape index (κ1) is 14.6. The van der Waals surface area contributed by atoms with E-state index in [0.717, 1.165) is 29.2 Å². The molecule has 114 valence electrons. The molecule has 0 spiro atoms. The lowest BCUT2D eigenvalue weighted by Gasteiger charge is -2.09. The Hall–Kier alpha value is -2.33. The summed E-state index contributed by atoms with van der Waals surface area (Å²) in [5.41, 5.74) is 11.6. The van der Waals surface area contributed by atoms with Gasteiger partial charge in [-0.25, -0.2) is 4.98 Å². The molecule has 4 heteroatoms. The number of pyridine rings is 1. The molecule has 1 atom stereocenters. The Labute approximate surface area is 130 Å². The number of rotatable bonds is 4. The number of nitrogens with zero attached hydrogens (tertiary/aromatic N) is 2. The summed E-state index contributed by atoms with van der Waals surface area (Å²) in [6.07, 6.45) is 2.79. The van der Waals surface area contributed by atoms with Crippen LogP contribution in [0, 0.1) is 6.92 Å². The number of nitrogens with two attached hydrogens (primary N) is 1. The van der Waals surface area contributed by atoms with Gasteiger partial charge in [-0.05, 0) is 49.2 Å². The van der Waals surface area contributed by atoms with Crippen LogP contribution in [0.25, 0.3) is 5.65 Å². The van der Waals surface area contributed by atoms with Crippen molar-refractivity contribution < 1.29 is 4.74 Å². The maximum Gasteiger partial charge on any atom is 0.137 e. The van der Waals surface area contributed by atoms with Crippen LogP contribution in [0.2, 0.25) is 0 Å². The normalized spacial score (nSPS) is 12.5. The fraction of sp³-hybridized carbons (Fsp3) is 0.278. The molecule has 3 aromatic rings. The van der Waals surface area contributed by atoms with E-state index in [4.69, 9.17) is 15.5 Å². The molecule has 1 aromatic carbocycles. The van der Waals surface area contributed by atoms with Crippen molar-refractivity contribution in [3.63, 3.8) is 0 Å². The molecule has 0 saturated carbocycles. The van der Waals surface area contributed by atoms with E-state index in [2.05, 4.69) is 29.5 Å². The van der Waals surface area contributed by atoms with Gasteiger partial charge in [-0.1, -0.05) is 12.1 Å². The zero-order valence-corrected chi connectivity index (χ0v) is 13.2. The largest absolute Gasteiger partial charge is 0.497 e. The van der Waals surface area contributed by atoms with Crippen molar-refractivity contribution in [3.05, 3.63) is 65.1 Å². The number of aromatic nitrogens is 2. The van der Waals surface area contributed by atoms with E-state index in [9.17, 15) is 0 Å². The second-order valence-corrected chi connectivity index (χ2v) is 5.69. The number of methoxy groups -OCH3 is 1. The maximum absolute atomic E-state index is 6.19. The minimum Gasteiger partial charge on any atom is -0.497 e. The molecule has 0 aliphatic heterocycles. The molecular formula is C18H21N3O. The highest BCUT2D eigenvalue weighted by atomic mass is 16.5. The predicted octanol–water partition coefficient (Wildman–Crippen LogP) is 3.26. The van der Waals surface area contributed by atoms with Crippen LogP contribution < -0.4 is 10.5 Å². The van der Waals surface area contributed by atoms with Crippen LogP contribution in [0.5, 0.6) is 5.75 Å². The van der Waals surface area contributed by atoms with Gasteiger partial charge in [0.2, 0.25) is 0 Å². The minimum absolute atomic E-state index is 0.0710. The van der Waals surface area contributed by atoms with Gasteiger partial charge in [-0.3, -0.25) is 0 Å². The van der Waals surface area contributed by atoms with Crippen LogP contribution in [0.4, 0.5) is 0 Å². The number of aryl methyl sites for hydroxylation is 1. The molecule has 0 bridgehead atoms. The van der Waals surface area contributed by atoms with E-state index in [0.29, 0.717) is 0 Å². The van der Waals surface area contributed by atoms with E-state index in [1.807, 2.05) is 31.3 Å². The average Bonchev–Trinajstić information content (AvgIpc) is 2.84. The lowest BCUT2D eigenvalue weighted by Crippen LogP contribution is -2.11. The Morgan fingerprint density at radius 2 is 2.09 bits per heavy atom. The van der Waals surface area contributed by atoms with E-state index in [1.165, 1.54) is 11.1 Å². The average molecular weight is 295 g/mol. The first-order chi connectivity index (χ1) is 10.6. The van der Waals surface area contributed by atoms with Gasteiger partial charge in [0.05, 0.1) is 18.5 Å². The van der Waals surface area contributed by atoms with Crippen molar-refractivity contribution in [2.75, 3.05) is 7.11 Å². The van der Waals surface area contributed by atoms with Crippen LogP contribution in [0.1, 0.15) is 35.5 Å². The zero-order valence-electron chi connectivity index (χ0n) is 13.2. The summed E-state index contributed by atoms with van der Waals surface area (Å²) in [7, 11) is 1.68. The Kier molecular flexibility index (Phi) is 3.86. The van der Waals surface area contributed by atoms with Gasteiger partial charge in [-0.2, -0.15) is 0 Å².